The number of rotatable bonds is 4. The van der Waals surface area contributed by atoms with Crippen molar-refractivity contribution in [1.82, 2.24) is 5.32 Å². The molecule has 0 saturated heterocycles. The minimum atomic E-state index is -4.42. The lowest BCUT2D eigenvalue weighted by Gasteiger charge is -2.17. The van der Waals surface area contributed by atoms with Crippen molar-refractivity contribution in [2.24, 2.45) is 5.73 Å². The van der Waals surface area contributed by atoms with E-state index < -0.39 is 18.1 Å². The largest absolute Gasteiger partial charge is 0.408 e. The van der Waals surface area contributed by atoms with Gasteiger partial charge in [0.15, 0.2) is 0 Å². The quantitative estimate of drug-likeness (QED) is 0.866. The van der Waals surface area contributed by atoms with Gasteiger partial charge in [0.1, 0.15) is 6.04 Å². The molecule has 0 radical (unpaired) electrons. The van der Waals surface area contributed by atoms with Crippen LogP contribution in [-0.4, -0.2) is 18.1 Å². The molecule has 1 amide bonds. The third-order valence-electron chi connectivity index (χ3n) is 2.49. The molecule has 0 aliphatic heterocycles. The zero-order chi connectivity index (χ0) is 13.8. The molecule has 6 heteroatoms. The number of amides is 1. The monoisotopic (exact) mass is 260 g/mol. The normalized spacial score (nSPS) is 13.2. The Morgan fingerprint density at radius 1 is 1.28 bits per heavy atom. The number of hydrogen-bond donors (Lipinski definition) is 2. The molecule has 3 nitrogen and oxygen atoms in total. The average molecular weight is 260 g/mol. The second-order valence-electron chi connectivity index (χ2n) is 4.03. The Labute approximate surface area is 103 Å². The molecule has 0 aliphatic carbocycles. The Balaban J connectivity index is 2.54. The molecule has 18 heavy (non-hydrogen) atoms. The van der Waals surface area contributed by atoms with Gasteiger partial charge in [-0.15, -0.1) is 0 Å². The third kappa shape index (κ3) is 4.37. The molecule has 1 rings (SSSR count). The van der Waals surface area contributed by atoms with Crippen LogP contribution in [0.1, 0.15) is 18.1 Å². The summed E-state index contributed by atoms with van der Waals surface area (Å²) in [5.74, 6) is -0.652. The zero-order valence-electron chi connectivity index (χ0n) is 9.92. The summed E-state index contributed by atoms with van der Waals surface area (Å²) in [5, 5.41) is 1.91. The predicted molar refractivity (Wildman–Crippen MR) is 61.7 cm³/mol. The second kappa shape index (κ2) is 5.86. The van der Waals surface area contributed by atoms with Gasteiger partial charge in [-0.05, 0) is 18.1 Å². The third-order valence-corrected chi connectivity index (χ3v) is 2.49. The van der Waals surface area contributed by atoms with Crippen LogP contribution >= 0.6 is 0 Å². The van der Waals surface area contributed by atoms with Crippen molar-refractivity contribution in [2.75, 3.05) is 0 Å². The van der Waals surface area contributed by atoms with Crippen molar-refractivity contribution in [3.05, 3.63) is 35.4 Å². The highest BCUT2D eigenvalue weighted by atomic mass is 19.4. The first-order chi connectivity index (χ1) is 8.32. The summed E-state index contributed by atoms with van der Waals surface area (Å²) in [4.78, 5) is 11.4. The van der Waals surface area contributed by atoms with Crippen LogP contribution in [0.3, 0.4) is 0 Å². The van der Waals surface area contributed by atoms with Gasteiger partial charge < -0.3 is 11.1 Å². The van der Waals surface area contributed by atoms with Crippen molar-refractivity contribution in [3.63, 3.8) is 0 Å². The van der Waals surface area contributed by atoms with Gasteiger partial charge in [0.05, 0.1) is 6.42 Å². The van der Waals surface area contributed by atoms with Crippen molar-refractivity contribution in [2.45, 2.75) is 32.1 Å². The van der Waals surface area contributed by atoms with Crippen LogP contribution in [0.25, 0.3) is 0 Å². The maximum Gasteiger partial charge on any atom is 0.408 e. The molecule has 0 spiro atoms. The highest BCUT2D eigenvalue weighted by Gasteiger charge is 2.36. The number of halogens is 3. The number of alkyl halides is 3. The summed E-state index contributed by atoms with van der Waals surface area (Å²) in [5.41, 5.74) is 6.97. The summed E-state index contributed by atoms with van der Waals surface area (Å²) in [6, 6.07) is 5.01. The van der Waals surface area contributed by atoms with E-state index in [2.05, 4.69) is 0 Å². The lowest BCUT2D eigenvalue weighted by atomic mass is 10.1. The van der Waals surface area contributed by atoms with Gasteiger partial charge in [-0.2, -0.15) is 13.2 Å². The standard InChI is InChI=1S/C12H15F3N2O/c1-8(12(13,14)15)17-11(18)6-9-2-4-10(7-16)5-3-9/h2-5,8H,6-7,16H2,1H3,(H,17,18). The molecular formula is C12H15F3N2O. The lowest BCUT2D eigenvalue weighted by molar-refractivity contribution is -0.157. The Bertz CT molecular complexity index is 401. The van der Waals surface area contributed by atoms with Gasteiger partial charge in [0.2, 0.25) is 5.91 Å². The van der Waals surface area contributed by atoms with Crippen LogP contribution < -0.4 is 11.1 Å². The van der Waals surface area contributed by atoms with E-state index in [1.165, 1.54) is 0 Å². The summed E-state index contributed by atoms with van der Waals surface area (Å²) in [6.07, 6.45) is -4.50. The smallest absolute Gasteiger partial charge is 0.344 e. The number of hydrogen-bond acceptors (Lipinski definition) is 2. The molecule has 1 aromatic carbocycles. The summed E-state index contributed by atoms with van der Waals surface area (Å²) in [7, 11) is 0. The van der Waals surface area contributed by atoms with Gasteiger partial charge in [-0.1, -0.05) is 24.3 Å². The highest BCUT2D eigenvalue weighted by molar-refractivity contribution is 5.78. The van der Waals surface area contributed by atoms with E-state index >= 15 is 0 Å². The average Bonchev–Trinajstić information content (AvgIpc) is 2.28. The van der Waals surface area contributed by atoms with E-state index in [-0.39, 0.29) is 6.42 Å². The van der Waals surface area contributed by atoms with E-state index in [4.69, 9.17) is 5.73 Å². The van der Waals surface area contributed by atoms with E-state index in [1.54, 1.807) is 24.3 Å². The van der Waals surface area contributed by atoms with Crippen LogP contribution in [0.4, 0.5) is 13.2 Å². The molecule has 100 valence electrons. The Morgan fingerprint density at radius 2 is 1.78 bits per heavy atom. The number of carbonyl (C=O) groups excluding carboxylic acids is 1. The van der Waals surface area contributed by atoms with Gasteiger partial charge in [0, 0.05) is 6.54 Å². The minimum absolute atomic E-state index is 0.0781. The topological polar surface area (TPSA) is 55.1 Å². The van der Waals surface area contributed by atoms with Crippen LogP contribution in [0.5, 0.6) is 0 Å². The molecule has 0 saturated carbocycles. The lowest BCUT2D eigenvalue weighted by Crippen LogP contribution is -2.43. The van der Waals surface area contributed by atoms with Crippen molar-refractivity contribution in [3.8, 4) is 0 Å². The molecule has 0 aromatic heterocycles. The van der Waals surface area contributed by atoms with Crippen LogP contribution in [-0.2, 0) is 17.8 Å². The minimum Gasteiger partial charge on any atom is -0.344 e. The molecule has 1 unspecified atom stereocenters. The van der Waals surface area contributed by atoms with Crippen LogP contribution in [0.2, 0.25) is 0 Å². The number of carbonyl (C=O) groups is 1. The summed E-state index contributed by atoms with van der Waals surface area (Å²) in [6.45, 7) is 1.30. The Hall–Kier alpha value is -1.56. The summed E-state index contributed by atoms with van der Waals surface area (Å²) < 4.78 is 36.7. The fraction of sp³-hybridized carbons (Fsp3) is 0.417. The van der Waals surface area contributed by atoms with Gasteiger partial charge in [-0.3, -0.25) is 4.79 Å². The molecule has 0 bridgehead atoms. The van der Waals surface area contributed by atoms with Crippen molar-refractivity contribution < 1.29 is 18.0 Å². The number of nitrogens with one attached hydrogen (secondary N) is 1. The first-order valence-corrected chi connectivity index (χ1v) is 5.47. The number of benzene rings is 1. The van der Waals surface area contributed by atoms with Crippen molar-refractivity contribution in [1.29, 1.82) is 0 Å². The first kappa shape index (κ1) is 14.5. The van der Waals surface area contributed by atoms with Gasteiger partial charge in [-0.25, -0.2) is 0 Å². The number of nitrogens with two attached hydrogens (primary N) is 1. The highest BCUT2D eigenvalue weighted by Crippen LogP contribution is 2.19. The van der Waals surface area contributed by atoms with Crippen LogP contribution in [0, 0.1) is 0 Å². The molecule has 0 heterocycles. The zero-order valence-corrected chi connectivity index (χ0v) is 9.92. The SMILES string of the molecule is CC(NC(=O)Cc1ccc(CN)cc1)C(F)(F)F. The Kier molecular flexibility index (Phi) is 4.72. The first-order valence-electron chi connectivity index (χ1n) is 5.47. The second-order valence-corrected chi connectivity index (χ2v) is 4.03. The van der Waals surface area contributed by atoms with Crippen LogP contribution in [0.15, 0.2) is 24.3 Å². The fourth-order valence-corrected chi connectivity index (χ4v) is 1.35. The molecule has 0 fully saturated rings. The maximum atomic E-state index is 12.2. The van der Waals surface area contributed by atoms with Gasteiger partial charge >= 0.3 is 6.18 Å². The molecule has 1 atom stereocenters. The van der Waals surface area contributed by atoms with Gasteiger partial charge in [0.25, 0.3) is 0 Å². The molecule has 3 N–H and O–H groups in total. The fourth-order valence-electron chi connectivity index (χ4n) is 1.35. The molecule has 1 aromatic rings. The maximum absolute atomic E-state index is 12.2. The predicted octanol–water partition coefficient (Wildman–Crippen LogP) is 1.75. The Morgan fingerprint density at radius 3 is 2.22 bits per heavy atom. The summed E-state index contributed by atoms with van der Waals surface area (Å²) >= 11 is 0. The van der Waals surface area contributed by atoms with E-state index in [0.717, 1.165) is 12.5 Å². The molecular weight excluding hydrogens is 245 g/mol. The van der Waals surface area contributed by atoms with E-state index in [1.807, 2.05) is 5.32 Å². The molecule has 0 aliphatic rings. The van der Waals surface area contributed by atoms with E-state index in [9.17, 15) is 18.0 Å². The van der Waals surface area contributed by atoms with Crippen molar-refractivity contribution >= 4 is 5.91 Å². The van der Waals surface area contributed by atoms with E-state index in [0.29, 0.717) is 12.1 Å².